The summed E-state index contributed by atoms with van der Waals surface area (Å²) in [6.07, 6.45) is 1.31. The molecule has 2 N–H and O–H groups in total. The van der Waals surface area contributed by atoms with E-state index >= 15 is 0 Å². The summed E-state index contributed by atoms with van der Waals surface area (Å²) >= 11 is 5.46. The number of rotatable bonds is 0. The van der Waals surface area contributed by atoms with Crippen LogP contribution in [-0.2, 0) is 0 Å². The van der Waals surface area contributed by atoms with Gasteiger partial charge in [0.25, 0.3) is 0 Å². The van der Waals surface area contributed by atoms with E-state index in [1.165, 1.54) is 12.3 Å². The van der Waals surface area contributed by atoms with Crippen molar-refractivity contribution in [2.45, 2.75) is 0 Å². The van der Waals surface area contributed by atoms with Crippen LogP contribution in [0, 0.1) is 17.8 Å². The van der Waals surface area contributed by atoms with Gasteiger partial charge in [0.2, 0.25) is 5.95 Å². The molecule has 0 unspecified atom stereocenters. The van der Waals surface area contributed by atoms with Gasteiger partial charge in [-0.15, -0.1) is 0 Å². The maximum absolute atomic E-state index is 12.5. The first kappa shape index (κ1) is 8.98. The molecular formula is C8H6ClFN2. The molecule has 0 aliphatic carbocycles. The number of nitrogens with two attached hydrogens (primary N) is 1. The number of aromatic nitrogens is 1. The first-order valence-electron chi connectivity index (χ1n) is 3.24. The van der Waals surface area contributed by atoms with Crippen LogP contribution >= 0.6 is 11.6 Å². The molecule has 0 bridgehead atoms. The maximum Gasteiger partial charge on any atom is 0.231 e. The highest BCUT2D eigenvalue weighted by Crippen LogP contribution is 2.12. The molecule has 0 radical (unpaired) electrons. The van der Waals surface area contributed by atoms with E-state index in [1.807, 2.05) is 0 Å². The summed E-state index contributed by atoms with van der Waals surface area (Å²) in [5.74, 6) is 4.61. The lowest BCUT2D eigenvalue weighted by atomic mass is 10.3. The van der Waals surface area contributed by atoms with Gasteiger partial charge in [0, 0.05) is 11.8 Å². The summed E-state index contributed by atoms with van der Waals surface area (Å²) < 4.78 is 12.5. The van der Waals surface area contributed by atoms with E-state index in [2.05, 4.69) is 16.8 Å². The van der Waals surface area contributed by atoms with Crippen LogP contribution in [0.3, 0.4) is 0 Å². The standard InChI is InChI=1S/C8H6ClFN2/c9-7-4-6(2-1-3-11)5-12-8(7)10/h4-5H,3,11H2. The molecular weight excluding hydrogens is 179 g/mol. The van der Waals surface area contributed by atoms with Crippen molar-refractivity contribution in [3.05, 3.63) is 28.8 Å². The number of nitrogens with zero attached hydrogens (tertiary/aromatic N) is 1. The Morgan fingerprint density at radius 2 is 2.42 bits per heavy atom. The fraction of sp³-hybridized carbons (Fsp3) is 0.125. The molecule has 1 heterocycles. The monoisotopic (exact) mass is 184 g/mol. The van der Waals surface area contributed by atoms with Gasteiger partial charge in [0.05, 0.1) is 11.6 Å². The van der Waals surface area contributed by atoms with Crippen LogP contribution in [0.25, 0.3) is 0 Å². The number of halogens is 2. The van der Waals surface area contributed by atoms with Crippen LogP contribution in [0.15, 0.2) is 12.3 Å². The Labute approximate surface area is 74.6 Å². The van der Waals surface area contributed by atoms with Crippen molar-refractivity contribution in [3.8, 4) is 11.8 Å². The van der Waals surface area contributed by atoms with Gasteiger partial charge in [-0.3, -0.25) is 0 Å². The lowest BCUT2D eigenvalue weighted by Crippen LogP contribution is -1.93. The quantitative estimate of drug-likeness (QED) is 0.486. The molecule has 4 heteroatoms. The van der Waals surface area contributed by atoms with Crippen molar-refractivity contribution in [3.63, 3.8) is 0 Å². The number of hydrogen-bond donors (Lipinski definition) is 1. The molecule has 0 saturated heterocycles. The second-order valence-electron chi connectivity index (χ2n) is 2.00. The molecule has 0 saturated carbocycles. The Kier molecular flexibility index (Phi) is 3.03. The molecule has 0 aliphatic heterocycles. The van der Waals surface area contributed by atoms with Crippen LogP contribution in [-0.4, -0.2) is 11.5 Å². The van der Waals surface area contributed by atoms with Gasteiger partial charge >= 0.3 is 0 Å². The van der Waals surface area contributed by atoms with Crippen LogP contribution in [0.4, 0.5) is 4.39 Å². The van der Waals surface area contributed by atoms with Gasteiger partial charge in [-0.25, -0.2) is 4.98 Å². The molecule has 0 aliphatic rings. The largest absolute Gasteiger partial charge is 0.320 e. The van der Waals surface area contributed by atoms with Crippen molar-refractivity contribution < 1.29 is 4.39 Å². The van der Waals surface area contributed by atoms with Crippen molar-refractivity contribution in [1.82, 2.24) is 4.98 Å². The molecule has 0 amide bonds. The van der Waals surface area contributed by atoms with E-state index < -0.39 is 5.95 Å². The Hall–Kier alpha value is -1.11. The summed E-state index contributed by atoms with van der Waals surface area (Å²) in [5, 5.41) is -0.0289. The van der Waals surface area contributed by atoms with E-state index in [0.717, 1.165) is 0 Å². The molecule has 1 rings (SSSR count). The lowest BCUT2D eigenvalue weighted by molar-refractivity contribution is 0.584. The minimum atomic E-state index is -0.685. The normalized spacial score (nSPS) is 8.92. The first-order valence-corrected chi connectivity index (χ1v) is 3.62. The van der Waals surface area contributed by atoms with Crippen molar-refractivity contribution in [2.75, 3.05) is 6.54 Å². The fourth-order valence-corrected chi connectivity index (χ4v) is 0.809. The van der Waals surface area contributed by atoms with Gasteiger partial charge in [0.1, 0.15) is 0 Å². The van der Waals surface area contributed by atoms with Crippen molar-refractivity contribution in [2.24, 2.45) is 5.73 Å². The van der Waals surface area contributed by atoms with Crippen LogP contribution in [0.5, 0.6) is 0 Å². The number of hydrogen-bond acceptors (Lipinski definition) is 2. The average molecular weight is 185 g/mol. The molecule has 0 fully saturated rings. The minimum absolute atomic E-state index is 0.0289. The summed E-state index contributed by atoms with van der Waals surface area (Å²) in [6, 6.07) is 1.41. The first-order chi connectivity index (χ1) is 5.74. The molecule has 0 aromatic carbocycles. The Bertz CT molecular complexity index is 341. The molecule has 12 heavy (non-hydrogen) atoms. The van der Waals surface area contributed by atoms with Crippen molar-refractivity contribution >= 4 is 11.6 Å². The summed E-state index contributed by atoms with van der Waals surface area (Å²) in [7, 11) is 0. The van der Waals surface area contributed by atoms with E-state index in [9.17, 15) is 4.39 Å². The SMILES string of the molecule is NCC#Cc1cnc(F)c(Cl)c1. The van der Waals surface area contributed by atoms with E-state index in [-0.39, 0.29) is 11.6 Å². The zero-order valence-electron chi connectivity index (χ0n) is 6.14. The summed E-state index contributed by atoms with van der Waals surface area (Å²) in [4.78, 5) is 3.39. The highest BCUT2D eigenvalue weighted by molar-refractivity contribution is 6.30. The molecule has 2 nitrogen and oxygen atoms in total. The highest BCUT2D eigenvalue weighted by Gasteiger charge is 1.99. The van der Waals surface area contributed by atoms with E-state index in [4.69, 9.17) is 17.3 Å². The molecule has 1 aromatic heterocycles. The van der Waals surface area contributed by atoms with Crippen molar-refractivity contribution in [1.29, 1.82) is 0 Å². The zero-order chi connectivity index (χ0) is 8.97. The van der Waals surface area contributed by atoms with Gasteiger partial charge < -0.3 is 5.73 Å². The van der Waals surface area contributed by atoms with Gasteiger partial charge in [-0.1, -0.05) is 23.4 Å². The van der Waals surface area contributed by atoms with Gasteiger partial charge in [-0.2, -0.15) is 4.39 Å². The second kappa shape index (κ2) is 4.05. The minimum Gasteiger partial charge on any atom is -0.320 e. The lowest BCUT2D eigenvalue weighted by Gasteiger charge is -1.92. The van der Waals surface area contributed by atoms with Crippen LogP contribution in [0.2, 0.25) is 5.02 Å². The topological polar surface area (TPSA) is 38.9 Å². The summed E-state index contributed by atoms with van der Waals surface area (Å²) in [6.45, 7) is 0.259. The van der Waals surface area contributed by atoms with Crippen LogP contribution < -0.4 is 5.73 Å². The third-order valence-corrected chi connectivity index (χ3v) is 1.40. The summed E-state index contributed by atoms with van der Waals surface area (Å²) in [5.41, 5.74) is 5.71. The second-order valence-corrected chi connectivity index (χ2v) is 2.41. The van der Waals surface area contributed by atoms with Gasteiger partial charge in [-0.05, 0) is 6.07 Å². The molecule has 62 valence electrons. The smallest absolute Gasteiger partial charge is 0.231 e. The third kappa shape index (κ3) is 2.19. The third-order valence-electron chi connectivity index (χ3n) is 1.13. The Balaban J connectivity index is 2.97. The van der Waals surface area contributed by atoms with Crippen LogP contribution in [0.1, 0.15) is 5.56 Å². The number of pyridine rings is 1. The molecule has 1 aromatic rings. The highest BCUT2D eigenvalue weighted by atomic mass is 35.5. The zero-order valence-corrected chi connectivity index (χ0v) is 6.90. The van der Waals surface area contributed by atoms with Gasteiger partial charge in [0.15, 0.2) is 0 Å². The van der Waals surface area contributed by atoms with E-state index in [1.54, 1.807) is 0 Å². The predicted octanol–water partition coefficient (Wildman–Crippen LogP) is 1.18. The molecule has 0 atom stereocenters. The fourth-order valence-electron chi connectivity index (χ4n) is 0.643. The maximum atomic E-state index is 12.5. The predicted molar refractivity (Wildman–Crippen MR) is 45.1 cm³/mol. The molecule has 0 spiro atoms. The van der Waals surface area contributed by atoms with E-state index in [0.29, 0.717) is 5.56 Å². The average Bonchev–Trinajstić information content (AvgIpc) is 2.07. The Morgan fingerprint density at radius 3 is 3.00 bits per heavy atom. The Morgan fingerprint density at radius 1 is 1.67 bits per heavy atom.